The van der Waals surface area contributed by atoms with Gasteiger partial charge in [-0.2, -0.15) is 9.36 Å². The molecule has 4 aromatic rings. The van der Waals surface area contributed by atoms with Crippen LogP contribution in [0.25, 0.3) is 11.0 Å². The van der Waals surface area contributed by atoms with E-state index >= 15 is 0 Å². The standard InChI is InChI=1S/C24H28N8O3S3/c1-4-36-24-29-23(37-30-24)28-22(33)27-16-7-8-17(13-16)31(3)20-19-11-12-32(21(19)26-14-25-20)38(34,35)18-9-5-15(2)6-10-18/h5-6,9-12,14,16-17H,4,7-8,13H2,1-3H3,(H2,27,28,29,30,33)/t16-,17+/m1/s1. The maximum atomic E-state index is 13.3. The van der Waals surface area contributed by atoms with Crippen LogP contribution < -0.4 is 15.5 Å². The average Bonchev–Trinajstić information content (AvgIpc) is 3.64. The van der Waals surface area contributed by atoms with Crippen molar-refractivity contribution in [2.75, 3.05) is 23.0 Å². The molecule has 2 amide bonds. The van der Waals surface area contributed by atoms with Gasteiger partial charge >= 0.3 is 6.03 Å². The lowest BCUT2D eigenvalue weighted by Crippen LogP contribution is -2.38. The largest absolute Gasteiger partial charge is 0.356 e. The Kier molecular flexibility index (Phi) is 7.54. The van der Waals surface area contributed by atoms with Crippen molar-refractivity contribution in [2.24, 2.45) is 0 Å². The molecule has 0 radical (unpaired) electrons. The van der Waals surface area contributed by atoms with Gasteiger partial charge in [0.25, 0.3) is 10.0 Å². The monoisotopic (exact) mass is 572 g/mol. The van der Waals surface area contributed by atoms with Gasteiger partial charge in [0.1, 0.15) is 12.1 Å². The Labute approximate surface area is 229 Å². The molecule has 1 saturated carbocycles. The maximum Gasteiger partial charge on any atom is 0.321 e. The maximum absolute atomic E-state index is 13.3. The van der Waals surface area contributed by atoms with Crippen LogP contribution in [0.3, 0.4) is 0 Å². The highest BCUT2D eigenvalue weighted by Gasteiger charge is 2.31. The molecule has 3 aromatic heterocycles. The smallest absolute Gasteiger partial charge is 0.321 e. The van der Waals surface area contributed by atoms with Gasteiger partial charge in [0.05, 0.1) is 10.3 Å². The second-order valence-electron chi connectivity index (χ2n) is 9.05. The molecule has 14 heteroatoms. The fraction of sp³-hybridized carbons (Fsp3) is 0.375. The number of hydrogen-bond donors (Lipinski definition) is 2. The molecule has 200 valence electrons. The van der Waals surface area contributed by atoms with Crippen LogP contribution in [0.5, 0.6) is 0 Å². The van der Waals surface area contributed by atoms with Crippen LogP contribution in [0.15, 0.2) is 52.9 Å². The molecule has 0 aliphatic heterocycles. The lowest BCUT2D eigenvalue weighted by molar-refractivity contribution is 0.248. The lowest BCUT2D eigenvalue weighted by atomic mass is 10.2. The summed E-state index contributed by atoms with van der Waals surface area (Å²) >= 11 is 2.69. The number of carbonyl (C=O) groups is 1. The summed E-state index contributed by atoms with van der Waals surface area (Å²) in [5, 5.41) is 7.58. The second kappa shape index (κ2) is 10.9. The van der Waals surface area contributed by atoms with E-state index in [-0.39, 0.29) is 23.0 Å². The molecule has 0 spiro atoms. The van der Waals surface area contributed by atoms with E-state index in [0.29, 0.717) is 27.1 Å². The van der Waals surface area contributed by atoms with E-state index < -0.39 is 10.0 Å². The van der Waals surface area contributed by atoms with Crippen LogP contribution >= 0.6 is 23.3 Å². The van der Waals surface area contributed by atoms with Gasteiger partial charge in [0, 0.05) is 36.9 Å². The molecule has 1 fully saturated rings. The molecule has 5 rings (SSSR count). The third kappa shape index (κ3) is 5.33. The number of aromatic nitrogens is 5. The fourth-order valence-electron chi connectivity index (χ4n) is 4.59. The van der Waals surface area contributed by atoms with Crippen LogP contribution in [0.2, 0.25) is 0 Å². The summed E-state index contributed by atoms with van der Waals surface area (Å²) in [5.41, 5.74) is 1.31. The zero-order valence-corrected chi connectivity index (χ0v) is 23.6. The fourth-order valence-corrected chi connectivity index (χ4v) is 7.16. The number of aryl methyl sites for hydroxylation is 1. The summed E-state index contributed by atoms with van der Waals surface area (Å²) in [5.74, 6) is 1.52. The number of thioether (sulfide) groups is 1. The Morgan fingerprint density at radius 2 is 2.00 bits per heavy atom. The Hall–Kier alpha value is -3.23. The zero-order valence-electron chi connectivity index (χ0n) is 21.2. The van der Waals surface area contributed by atoms with Gasteiger partial charge in [-0.05, 0) is 50.1 Å². The van der Waals surface area contributed by atoms with Crippen molar-refractivity contribution >= 4 is 61.3 Å². The van der Waals surface area contributed by atoms with Gasteiger partial charge in [0.15, 0.2) is 5.65 Å². The summed E-state index contributed by atoms with van der Waals surface area (Å²) in [6.07, 6.45) is 5.30. The highest BCUT2D eigenvalue weighted by atomic mass is 32.2. The summed E-state index contributed by atoms with van der Waals surface area (Å²) in [6.45, 7) is 3.93. The third-order valence-corrected chi connectivity index (χ3v) is 9.68. The van der Waals surface area contributed by atoms with Crippen LogP contribution in [0, 0.1) is 6.92 Å². The van der Waals surface area contributed by atoms with Gasteiger partial charge in [-0.3, -0.25) is 5.32 Å². The number of nitrogens with one attached hydrogen (secondary N) is 2. The number of urea groups is 1. The predicted molar refractivity (Wildman–Crippen MR) is 150 cm³/mol. The van der Waals surface area contributed by atoms with Crippen molar-refractivity contribution in [1.29, 1.82) is 0 Å². The zero-order chi connectivity index (χ0) is 26.9. The number of benzene rings is 1. The first-order valence-electron chi connectivity index (χ1n) is 12.2. The summed E-state index contributed by atoms with van der Waals surface area (Å²) in [4.78, 5) is 27.8. The molecule has 0 unspecified atom stereocenters. The lowest BCUT2D eigenvalue weighted by Gasteiger charge is -2.26. The SMILES string of the molecule is CCSc1nsc(NC(=O)N[C@@H]2CC[C@H](N(C)c3ncnc4c3ccn4S(=O)(=O)c3ccc(C)cc3)C2)n1. The van der Waals surface area contributed by atoms with Crippen LogP contribution in [0.4, 0.5) is 15.7 Å². The molecule has 0 saturated heterocycles. The Bertz CT molecular complexity index is 1550. The van der Waals surface area contributed by atoms with E-state index in [1.807, 2.05) is 25.8 Å². The molecule has 2 atom stereocenters. The normalized spacial score (nSPS) is 17.6. The molecule has 0 bridgehead atoms. The highest BCUT2D eigenvalue weighted by molar-refractivity contribution is 7.99. The minimum absolute atomic E-state index is 0.0105. The minimum Gasteiger partial charge on any atom is -0.356 e. The number of fused-ring (bicyclic) bond motifs is 1. The van der Waals surface area contributed by atoms with E-state index in [4.69, 9.17) is 0 Å². The van der Waals surface area contributed by atoms with E-state index in [9.17, 15) is 13.2 Å². The number of amides is 2. The molecule has 3 heterocycles. The topological polar surface area (TPSA) is 135 Å². The first-order chi connectivity index (χ1) is 18.3. The van der Waals surface area contributed by atoms with Gasteiger partial charge in [-0.15, -0.1) is 0 Å². The van der Waals surface area contributed by atoms with Gasteiger partial charge in [0.2, 0.25) is 10.3 Å². The number of nitrogens with zero attached hydrogens (tertiary/aromatic N) is 6. The first-order valence-corrected chi connectivity index (χ1v) is 15.4. The van der Waals surface area contributed by atoms with E-state index in [1.165, 1.54) is 28.3 Å². The molecule has 11 nitrogen and oxygen atoms in total. The van der Waals surface area contributed by atoms with Crippen LogP contribution in [-0.4, -0.2) is 62.6 Å². The molecule has 1 aliphatic carbocycles. The van der Waals surface area contributed by atoms with Gasteiger partial charge in [-0.1, -0.05) is 36.4 Å². The Morgan fingerprint density at radius 1 is 1.21 bits per heavy atom. The Morgan fingerprint density at radius 3 is 2.76 bits per heavy atom. The van der Waals surface area contributed by atoms with Crippen molar-refractivity contribution in [3.8, 4) is 0 Å². The molecule has 2 N–H and O–H groups in total. The van der Waals surface area contributed by atoms with E-state index in [1.54, 1.807) is 30.3 Å². The molecule has 38 heavy (non-hydrogen) atoms. The number of carbonyl (C=O) groups excluding carboxylic acids is 1. The molecular weight excluding hydrogens is 545 g/mol. The summed E-state index contributed by atoms with van der Waals surface area (Å²) in [6, 6.07) is 8.28. The van der Waals surface area contributed by atoms with Crippen molar-refractivity contribution < 1.29 is 13.2 Å². The first kappa shape index (κ1) is 26.4. The van der Waals surface area contributed by atoms with Crippen LogP contribution in [0.1, 0.15) is 31.7 Å². The van der Waals surface area contributed by atoms with E-state index in [2.05, 4.69) is 30.0 Å². The Balaban J connectivity index is 1.28. The molecule has 1 aliphatic rings. The minimum atomic E-state index is -3.81. The predicted octanol–water partition coefficient (Wildman–Crippen LogP) is 4.12. The second-order valence-corrected chi connectivity index (χ2v) is 12.9. The van der Waals surface area contributed by atoms with Gasteiger partial charge in [-0.25, -0.2) is 27.2 Å². The molecule has 1 aromatic carbocycles. The highest BCUT2D eigenvalue weighted by Crippen LogP contribution is 2.32. The number of anilines is 2. The van der Waals surface area contributed by atoms with Crippen LogP contribution in [-0.2, 0) is 10.0 Å². The van der Waals surface area contributed by atoms with Crippen molar-refractivity contribution in [3.63, 3.8) is 0 Å². The third-order valence-electron chi connectivity index (χ3n) is 6.53. The number of hydrogen-bond acceptors (Lipinski definition) is 10. The average molecular weight is 573 g/mol. The van der Waals surface area contributed by atoms with Gasteiger partial charge < -0.3 is 10.2 Å². The van der Waals surface area contributed by atoms with Crippen molar-refractivity contribution in [3.05, 3.63) is 48.4 Å². The van der Waals surface area contributed by atoms with Crippen molar-refractivity contribution in [2.45, 2.75) is 55.2 Å². The summed E-state index contributed by atoms with van der Waals surface area (Å²) in [7, 11) is -1.87. The summed E-state index contributed by atoms with van der Waals surface area (Å²) < 4.78 is 32.0. The quantitative estimate of drug-likeness (QED) is 0.299. The van der Waals surface area contributed by atoms with Crippen molar-refractivity contribution in [1.82, 2.24) is 28.6 Å². The van der Waals surface area contributed by atoms with E-state index in [0.717, 1.165) is 42.1 Å². The molecular formula is C24H28N8O3S3. The number of rotatable bonds is 8.